The highest BCUT2D eigenvalue weighted by molar-refractivity contribution is 6.61. The van der Waals surface area contributed by atoms with Gasteiger partial charge in [-0.25, -0.2) is 0 Å². The predicted molar refractivity (Wildman–Crippen MR) is 127 cm³/mol. The molecule has 1 heteroatoms. The Morgan fingerprint density at radius 1 is 0.679 bits per heavy atom. The van der Waals surface area contributed by atoms with Gasteiger partial charge in [0.1, 0.15) is 0 Å². The van der Waals surface area contributed by atoms with Crippen molar-refractivity contribution in [2.45, 2.75) is 96.7 Å². The van der Waals surface area contributed by atoms with Crippen molar-refractivity contribution in [2.24, 2.45) is 0 Å². The normalized spacial score (nSPS) is 14.5. The van der Waals surface area contributed by atoms with Crippen LogP contribution in [0.4, 0.5) is 0 Å². The lowest BCUT2D eigenvalue weighted by molar-refractivity contribution is 0.589. The molecule has 0 saturated carbocycles. The molecule has 28 heavy (non-hydrogen) atoms. The first-order valence-electron chi connectivity index (χ1n) is 11.2. The van der Waals surface area contributed by atoms with Crippen molar-refractivity contribution in [1.29, 1.82) is 0 Å². The third kappa shape index (κ3) is 4.01. The van der Waals surface area contributed by atoms with E-state index >= 15 is 0 Å². The molecule has 1 radical (unpaired) electrons. The molecule has 0 bridgehead atoms. The molecule has 0 saturated heterocycles. The Labute approximate surface area is 175 Å². The van der Waals surface area contributed by atoms with Crippen molar-refractivity contribution in [3.05, 3.63) is 58.7 Å². The number of hydrogen-bond donors (Lipinski definition) is 0. The van der Waals surface area contributed by atoms with E-state index in [4.69, 9.17) is 0 Å². The topological polar surface area (TPSA) is 0 Å². The lowest BCUT2D eigenvalue weighted by atomic mass is 9.85. The molecule has 3 rings (SSSR count). The van der Waals surface area contributed by atoms with Crippen LogP contribution in [0.1, 0.15) is 96.0 Å². The highest BCUT2D eigenvalue weighted by Gasteiger charge is 2.36. The summed E-state index contributed by atoms with van der Waals surface area (Å²) in [4.78, 5) is 0. The Balaban J connectivity index is 2.21. The molecule has 0 nitrogen and oxygen atoms in total. The number of rotatable bonds is 5. The van der Waals surface area contributed by atoms with E-state index in [1.165, 1.54) is 47.2 Å². The Morgan fingerprint density at radius 3 is 1.39 bits per heavy atom. The summed E-state index contributed by atoms with van der Waals surface area (Å²) in [5, 5.41) is 0. The second-order valence-electron chi connectivity index (χ2n) is 10.7. The minimum atomic E-state index is -0.471. The molecular weight excluding hydrogens is 352 g/mol. The van der Waals surface area contributed by atoms with Gasteiger partial charge in [0.15, 0.2) is 0 Å². The minimum absolute atomic E-state index is 0.202. The van der Waals surface area contributed by atoms with Crippen molar-refractivity contribution in [1.82, 2.24) is 0 Å². The van der Waals surface area contributed by atoms with Gasteiger partial charge in [-0.3, -0.25) is 0 Å². The van der Waals surface area contributed by atoms with Gasteiger partial charge in [-0.15, -0.1) is 0 Å². The zero-order valence-electron chi connectivity index (χ0n) is 19.4. The molecule has 0 fully saturated rings. The smallest absolute Gasteiger partial charge is 0.0621 e. The zero-order chi connectivity index (χ0) is 20.7. The van der Waals surface area contributed by atoms with Gasteiger partial charge in [-0.2, -0.15) is 0 Å². The standard InChI is InChI=1S/C27H39Si/c1-9-15-28(16-10-2)25-23-17-19(26(3,4)5)11-13-21(23)22-14-12-20(18-24(22)25)27(6,7)8/h11-14,17-18,25H,9-10,15-16H2,1-8H3. The van der Waals surface area contributed by atoms with Crippen LogP contribution >= 0.6 is 0 Å². The molecule has 0 aromatic heterocycles. The van der Waals surface area contributed by atoms with Gasteiger partial charge in [0.2, 0.25) is 0 Å². The maximum Gasteiger partial charge on any atom is 0.0621 e. The van der Waals surface area contributed by atoms with Crippen LogP contribution in [0.15, 0.2) is 36.4 Å². The summed E-state index contributed by atoms with van der Waals surface area (Å²) in [6.07, 6.45) is 2.63. The summed E-state index contributed by atoms with van der Waals surface area (Å²) in [6, 6.07) is 17.5. The van der Waals surface area contributed by atoms with E-state index in [1.807, 2.05) is 0 Å². The first-order valence-corrected chi connectivity index (χ1v) is 13.2. The third-order valence-electron chi connectivity index (χ3n) is 6.30. The van der Waals surface area contributed by atoms with Crippen LogP contribution in [-0.4, -0.2) is 8.80 Å². The van der Waals surface area contributed by atoms with Crippen molar-refractivity contribution < 1.29 is 0 Å². The van der Waals surface area contributed by atoms with E-state index in [0.717, 1.165) is 0 Å². The zero-order valence-corrected chi connectivity index (χ0v) is 20.4. The van der Waals surface area contributed by atoms with Crippen molar-refractivity contribution in [2.75, 3.05) is 0 Å². The van der Waals surface area contributed by atoms with Gasteiger partial charge >= 0.3 is 0 Å². The Kier molecular flexibility index (Phi) is 5.97. The Hall–Kier alpha value is -1.34. The molecule has 0 unspecified atom stereocenters. The number of hydrogen-bond acceptors (Lipinski definition) is 0. The van der Waals surface area contributed by atoms with E-state index in [-0.39, 0.29) is 10.8 Å². The molecule has 0 amide bonds. The predicted octanol–water partition coefficient (Wildman–Crippen LogP) is 8.25. The van der Waals surface area contributed by atoms with Gasteiger partial charge in [0.25, 0.3) is 0 Å². The summed E-state index contributed by atoms with van der Waals surface area (Å²) < 4.78 is 0. The maximum absolute atomic E-state index is 2.56. The molecule has 0 spiro atoms. The lowest BCUT2D eigenvalue weighted by Gasteiger charge is -2.27. The average molecular weight is 392 g/mol. The molecule has 0 aliphatic heterocycles. The molecule has 1 aliphatic carbocycles. The molecule has 0 N–H and O–H groups in total. The molecule has 2 aromatic rings. The second kappa shape index (κ2) is 7.82. The largest absolute Gasteiger partial charge is 0.0657 e. The van der Waals surface area contributed by atoms with Crippen LogP contribution < -0.4 is 0 Å². The fourth-order valence-electron chi connectivity index (χ4n) is 4.69. The first-order chi connectivity index (χ1) is 13.1. The fourth-order valence-corrected chi connectivity index (χ4v) is 8.16. The van der Waals surface area contributed by atoms with Crippen LogP contribution in [0, 0.1) is 0 Å². The summed E-state index contributed by atoms with van der Waals surface area (Å²) >= 11 is 0. The van der Waals surface area contributed by atoms with Gasteiger partial charge < -0.3 is 0 Å². The molecule has 1 aliphatic rings. The average Bonchev–Trinajstić information content (AvgIpc) is 2.93. The van der Waals surface area contributed by atoms with Crippen LogP contribution in [-0.2, 0) is 10.8 Å². The van der Waals surface area contributed by atoms with Gasteiger partial charge in [-0.1, -0.05) is 117 Å². The molecular formula is C27H39Si. The van der Waals surface area contributed by atoms with E-state index < -0.39 is 8.80 Å². The lowest BCUT2D eigenvalue weighted by Crippen LogP contribution is -2.24. The van der Waals surface area contributed by atoms with Crippen molar-refractivity contribution in [3.8, 4) is 11.1 Å². The number of fused-ring (bicyclic) bond motifs is 3. The highest BCUT2D eigenvalue weighted by atomic mass is 28.3. The van der Waals surface area contributed by atoms with E-state index in [0.29, 0.717) is 5.54 Å². The third-order valence-corrected chi connectivity index (χ3v) is 10.0. The van der Waals surface area contributed by atoms with Crippen molar-refractivity contribution in [3.63, 3.8) is 0 Å². The van der Waals surface area contributed by atoms with Crippen LogP contribution in [0.25, 0.3) is 11.1 Å². The van der Waals surface area contributed by atoms with Gasteiger partial charge in [0.05, 0.1) is 8.80 Å². The first kappa shape index (κ1) is 21.4. The van der Waals surface area contributed by atoms with Crippen LogP contribution in [0.5, 0.6) is 0 Å². The monoisotopic (exact) mass is 391 g/mol. The summed E-state index contributed by atoms with van der Waals surface area (Å²) in [5.74, 6) is 0. The van der Waals surface area contributed by atoms with Crippen LogP contribution in [0.2, 0.25) is 12.1 Å². The quantitative estimate of drug-likeness (QED) is 0.450. The Morgan fingerprint density at radius 2 is 1.07 bits per heavy atom. The molecule has 2 aromatic carbocycles. The molecule has 0 heterocycles. The van der Waals surface area contributed by atoms with E-state index in [2.05, 4.69) is 91.8 Å². The summed E-state index contributed by atoms with van der Waals surface area (Å²) in [6.45, 7) is 18.8. The van der Waals surface area contributed by atoms with Gasteiger partial charge in [-0.05, 0) is 44.2 Å². The Bertz CT molecular complexity index is 763. The molecule has 0 atom stereocenters. The fraction of sp³-hybridized carbons (Fsp3) is 0.556. The summed E-state index contributed by atoms with van der Waals surface area (Å²) in [7, 11) is -0.471. The highest BCUT2D eigenvalue weighted by Crippen LogP contribution is 2.49. The molecule has 151 valence electrons. The van der Waals surface area contributed by atoms with Crippen LogP contribution in [0.3, 0.4) is 0 Å². The second-order valence-corrected chi connectivity index (χ2v) is 13.6. The van der Waals surface area contributed by atoms with E-state index in [9.17, 15) is 0 Å². The van der Waals surface area contributed by atoms with Gasteiger partial charge in [0, 0.05) is 5.54 Å². The van der Waals surface area contributed by atoms with E-state index in [1.54, 1.807) is 11.1 Å². The summed E-state index contributed by atoms with van der Waals surface area (Å²) in [5.41, 5.74) is 10.3. The minimum Gasteiger partial charge on any atom is -0.0657 e. The van der Waals surface area contributed by atoms with Crippen molar-refractivity contribution >= 4 is 8.80 Å². The maximum atomic E-state index is 2.56. The SMILES string of the molecule is CCC[Si](CCC)C1c2cc(C(C)(C)C)ccc2-c2ccc(C(C)(C)C)cc21. The number of benzene rings is 2.